The first-order valence-corrected chi connectivity index (χ1v) is 3.49. The quantitative estimate of drug-likeness (QED) is 0.506. The highest BCUT2D eigenvalue weighted by molar-refractivity contribution is 5.94. The van der Waals surface area contributed by atoms with E-state index in [9.17, 15) is 9.18 Å². The Labute approximate surface area is 69.7 Å². The molecule has 0 atom stereocenters. The van der Waals surface area contributed by atoms with Gasteiger partial charge in [-0.3, -0.25) is 9.78 Å². The van der Waals surface area contributed by atoms with E-state index >= 15 is 0 Å². The molecule has 0 saturated carbocycles. The number of pyridine rings is 1. The predicted molar refractivity (Wildman–Crippen MR) is 43.3 cm³/mol. The second-order valence-corrected chi connectivity index (χ2v) is 2.28. The van der Waals surface area contributed by atoms with E-state index in [4.69, 9.17) is 0 Å². The number of nitrogens with zero attached hydrogens (tertiary/aromatic N) is 1. The van der Waals surface area contributed by atoms with Gasteiger partial charge in [-0.1, -0.05) is 6.08 Å². The maximum atomic E-state index is 12.3. The molecular formula is C9H8FNO. The fourth-order valence-electron chi connectivity index (χ4n) is 0.776. The van der Waals surface area contributed by atoms with Gasteiger partial charge in [0.25, 0.3) is 0 Å². The molecule has 0 aliphatic carbocycles. The van der Waals surface area contributed by atoms with Crippen molar-refractivity contribution < 1.29 is 9.18 Å². The number of aromatic nitrogens is 1. The molecule has 0 radical (unpaired) electrons. The van der Waals surface area contributed by atoms with Crippen LogP contribution in [0, 0.1) is 5.82 Å². The summed E-state index contributed by atoms with van der Waals surface area (Å²) in [4.78, 5) is 14.7. The van der Waals surface area contributed by atoms with Gasteiger partial charge in [0.2, 0.25) is 0 Å². The molecule has 0 saturated heterocycles. The topological polar surface area (TPSA) is 30.0 Å². The normalized spacial score (nSPS) is 9.42. The molecule has 0 bridgehead atoms. The number of hydrogen-bond acceptors (Lipinski definition) is 2. The summed E-state index contributed by atoms with van der Waals surface area (Å²) in [7, 11) is 0. The molecule has 0 aromatic carbocycles. The van der Waals surface area contributed by atoms with E-state index in [-0.39, 0.29) is 17.9 Å². The van der Waals surface area contributed by atoms with Gasteiger partial charge in [0, 0.05) is 6.42 Å². The van der Waals surface area contributed by atoms with E-state index in [2.05, 4.69) is 11.6 Å². The first-order valence-electron chi connectivity index (χ1n) is 3.49. The number of rotatable bonds is 3. The summed E-state index contributed by atoms with van der Waals surface area (Å²) in [5, 5.41) is 0. The van der Waals surface area contributed by atoms with Crippen LogP contribution >= 0.6 is 0 Å². The molecule has 0 spiro atoms. The largest absolute Gasteiger partial charge is 0.292 e. The third-order valence-corrected chi connectivity index (χ3v) is 1.34. The van der Waals surface area contributed by atoms with Crippen LogP contribution in [-0.4, -0.2) is 10.8 Å². The minimum Gasteiger partial charge on any atom is -0.292 e. The maximum absolute atomic E-state index is 12.3. The molecular weight excluding hydrogens is 157 g/mol. The summed E-state index contributed by atoms with van der Waals surface area (Å²) in [5.74, 6) is -0.588. The third-order valence-electron chi connectivity index (χ3n) is 1.34. The van der Waals surface area contributed by atoms with Crippen molar-refractivity contribution in [2.24, 2.45) is 0 Å². The first kappa shape index (κ1) is 8.59. The second kappa shape index (κ2) is 3.76. The number of hydrogen-bond donors (Lipinski definition) is 0. The van der Waals surface area contributed by atoms with Gasteiger partial charge in [0.05, 0.1) is 6.20 Å². The minimum absolute atomic E-state index is 0.148. The molecule has 0 fully saturated rings. The van der Waals surface area contributed by atoms with Crippen molar-refractivity contribution in [3.8, 4) is 0 Å². The van der Waals surface area contributed by atoms with Gasteiger partial charge in [-0.15, -0.1) is 6.58 Å². The molecule has 0 amide bonds. The number of carbonyl (C=O) groups excluding carboxylic acids is 1. The molecule has 1 heterocycles. The number of allylic oxidation sites excluding steroid dienone is 1. The van der Waals surface area contributed by atoms with Crippen molar-refractivity contribution >= 4 is 5.78 Å². The lowest BCUT2D eigenvalue weighted by molar-refractivity contribution is 0.0991. The molecule has 0 aliphatic heterocycles. The van der Waals surface area contributed by atoms with E-state index in [1.165, 1.54) is 18.2 Å². The van der Waals surface area contributed by atoms with Crippen molar-refractivity contribution in [1.82, 2.24) is 4.98 Å². The molecule has 0 N–H and O–H groups in total. The first-order chi connectivity index (χ1) is 5.74. The van der Waals surface area contributed by atoms with Crippen molar-refractivity contribution in [3.05, 3.63) is 42.5 Å². The van der Waals surface area contributed by atoms with Crippen LogP contribution in [0.1, 0.15) is 16.9 Å². The summed E-state index contributed by atoms with van der Waals surface area (Å²) < 4.78 is 12.3. The Morgan fingerprint density at radius 1 is 1.67 bits per heavy atom. The van der Waals surface area contributed by atoms with Gasteiger partial charge >= 0.3 is 0 Å². The zero-order chi connectivity index (χ0) is 8.97. The van der Waals surface area contributed by atoms with Crippen LogP contribution < -0.4 is 0 Å². The van der Waals surface area contributed by atoms with Crippen LogP contribution in [0.3, 0.4) is 0 Å². The van der Waals surface area contributed by atoms with Crippen molar-refractivity contribution in [3.63, 3.8) is 0 Å². The highest BCUT2D eigenvalue weighted by Gasteiger charge is 2.03. The lowest BCUT2D eigenvalue weighted by atomic mass is 10.2. The summed E-state index contributed by atoms with van der Waals surface area (Å²) in [6.45, 7) is 3.42. The monoisotopic (exact) mass is 165 g/mol. The Bertz CT molecular complexity index is 292. The Kier molecular flexibility index (Phi) is 2.69. The molecule has 0 aliphatic rings. The van der Waals surface area contributed by atoms with Gasteiger partial charge in [0.1, 0.15) is 11.5 Å². The van der Waals surface area contributed by atoms with Crippen molar-refractivity contribution in [2.75, 3.05) is 0 Å². The minimum atomic E-state index is -0.440. The molecule has 12 heavy (non-hydrogen) atoms. The highest BCUT2D eigenvalue weighted by atomic mass is 19.1. The third kappa shape index (κ3) is 1.99. The predicted octanol–water partition coefficient (Wildman–Crippen LogP) is 1.98. The van der Waals surface area contributed by atoms with Gasteiger partial charge < -0.3 is 0 Å². The zero-order valence-corrected chi connectivity index (χ0v) is 6.46. The summed E-state index contributed by atoms with van der Waals surface area (Å²) in [5.41, 5.74) is 0.274. The van der Waals surface area contributed by atoms with Crippen LogP contribution in [0.5, 0.6) is 0 Å². The van der Waals surface area contributed by atoms with Gasteiger partial charge in [0.15, 0.2) is 5.78 Å². The molecule has 3 heteroatoms. The lowest BCUT2D eigenvalue weighted by Gasteiger charge is -1.94. The molecule has 62 valence electrons. The van der Waals surface area contributed by atoms with Crippen LogP contribution in [0.2, 0.25) is 0 Å². The lowest BCUT2D eigenvalue weighted by Crippen LogP contribution is -2.00. The number of carbonyl (C=O) groups is 1. The Morgan fingerprint density at radius 3 is 2.92 bits per heavy atom. The number of Topliss-reactive ketones (excluding diaryl/α,β-unsaturated/α-hetero) is 1. The summed E-state index contributed by atoms with van der Waals surface area (Å²) in [6.07, 6.45) is 2.75. The molecule has 1 rings (SSSR count). The standard InChI is InChI=1S/C9H8FNO/c1-2-3-9(12)8-5-4-7(10)6-11-8/h2,4-6H,1,3H2. The molecule has 1 aromatic rings. The maximum Gasteiger partial charge on any atom is 0.184 e. The molecule has 2 nitrogen and oxygen atoms in total. The van der Waals surface area contributed by atoms with E-state index in [1.807, 2.05) is 0 Å². The fourth-order valence-corrected chi connectivity index (χ4v) is 0.776. The summed E-state index contributed by atoms with van der Waals surface area (Å²) in [6, 6.07) is 2.57. The van der Waals surface area contributed by atoms with E-state index in [0.717, 1.165) is 6.20 Å². The van der Waals surface area contributed by atoms with Crippen LogP contribution in [0.15, 0.2) is 31.0 Å². The second-order valence-electron chi connectivity index (χ2n) is 2.28. The van der Waals surface area contributed by atoms with Crippen LogP contribution in [-0.2, 0) is 0 Å². The zero-order valence-electron chi connectivity index (χ0n) is 6.46. The number of ketones is 1. The average Bonchev–Trinajstić information content (AvgIpc) is 2.06. The van der Waals surface area contributed by atoms with E-state index in [1.54, 1.807) is 0 Å². The van der Waals surface area contributed by atoms with E-state index in [0.29, 0.717) is 0 Å². The molecule has 1 aromatic heterocycles. The van der Waals surface area contributed by atoms with Gasteiger partial charge in [-0.25, -0.2) is 4.39 Å². The SMILES string of the molecule is C=CCC(=O)c1ccc(F)cn1. The van der Waals surface area contributed by atoms with Crippen LogP contribution in [0.4, 0.5) is 4.39 Å². The van der Waals surface area contributed by atoms with Crippen LogP contribution in [0.25, 0.3) is 0 Å². The average molecular weight is 165 g/mol. The van der Waals surface area contributed by atoms with Crippen molar-refractivity contribution in [2.45, 2.75) is 6.42 Å². The highest BCUT2D eigenvalue weighted by Crippen LogP contribution is 2.01. The Hall–Kier alpha value is -1.51. The van der Waals surface area contributed by atoms with E-state index < -0.39 is 5.82 Å². The fraction of sp³-hybridized carbons (Fsp3) is 0.111. The van der Waals surface area contributed by atoms with Crippen molar-refractivity contribution in [1.29, 1.82) is 0 Å². The summed E-state index contributed by atoms with van der Waals surface area (Å²) >= 11 is 0. The smallest absolute Gasteiger partial charge is 0.184 e. The Balaban J connectivity index is 2.82. The number of halogens is 1. The molecule has 0 unspecified atom stereocenters. The van der Waals surface area contributed by atoms with Gasteiger partial charge in [-0.2, -0.15) is 0 Å². The Morgan fingerprint density at radius 2 is 2.42 bits per heavy atom. The van der Waals surface area contributed by atoms with Gasteiger partial charge in [-0.05, 0) is 12.1 Å².